The molecule has 1 atom stereocenters. The number of carboxylic acid groups (broad SMARTS) is 1. The molecule has 7 nitrogen and oxygen atoms in total. The molecule has 1 aromatic rings. The third-order valence-electron chi connectivity index (χ3n) is 2.12. The number of carbonyl (C=O) groups is 1. The predicted octanol–water partition coefficient (Wildman–Crippen LogP) is 1.04. The molecule has 8 heteroatoms. The number of halogens is 1. The Labute approximate surface area is 109 Å². The van der Waals surface area contributed by atoms with Crippen LogP contribution >= 0.6 is 11.6 Å². The molecule has 1 aromatic heterocycles. The summed E-state index contributed by atoms with van der Waals surface area (Å²) < 4.78 is 9.68. The number of hydrogen-bond donors (Lipinski definition) is 2. The van der Waals surface area contributed by atoms with Gasteiger partial charge in [-0.2, -0.15) is 4.98 Å². The molecule has 0 bridgehead atoms. The second kappa shape index (κ2) is 6.97. The van der Waals surface area contributed by atoms with E-state index in [2.05, 4.69) is 15.3 Å². The van der Waals surface area contributed by atoms with Gasteiger partial charge >= 0.3 is 12.0 Å². The SMILES string of the molecule is COCCC(Nc1nc(OC)ncc1Cl)C(=O)O. The third kappa shape index (κ3) is 4.01. The van der Waals surface area contributed by atoms with Crippen LogP contribution in [0.25, 0.3) is 0 Å². The number of methoxy groups -OCH3 is 2. The molecule has 0 saturated heterocycles. The van der Waals surface area contributed by atoms with Gasteiger partial charge in [0.2, 0.25) is 0 Å². The zero-order chi connectivity index (χ0) is 13.5. The summed E-state index contributed by atoms with van der Waals surface area (Å²) in [5.74, 6) is -0.798. The predicted molar refractivity (Wildman–Crippen MR) is 65.1 cm³/mol. The summed E-state index contributed by atoms with van der Waals surface area (Å²) in [6, 6.07) is -0.736. The Hall–Kier alpha value is -1.60. The van der Waals surface area contributed by atoms with Crippen molar-refractivity contribution in [3.8, 4) is 6.01 Å². The molecule has 0 aliphatic carbocycles. The largest absolute Gasteiger partial charge is 0.480 e. The first kappa shape index (κ1) is 14.5. The number of hydrogen-bond acceptors (Lipinski definition) is 6. The lowest BCUT2D eigenvalue weighted by Gasteiger charge is -2.15. The summed E-state index contributed by atoms with van der Waals surface area (Å²) >= 11 is 5.87. The van der Waals surface area contributed by atoms with Gasteiger partial charge in [0, 0.05) is 20.1 Å². The van der Waals surface area contributed by atoms with E-state index in [9.17, 15) is 4.79 Å². The van der Waals surface area contributed by atoms with Gasteiger partial charge in [0.05, 0.1) is 13.3 Å². The van der Waals surface area contributed by atoms with Crippen LogP contribution in [0.2, 0.25) is 5.02 Å². The maximum absolute atomic E-state index is 11.0. The molecule has 0 radical (unpaired) electrons. The monoisotopic (exact) mass is 275 g/mol. The second-order valence-electron chi connectivity index (χ2n) is 3.37. The van der Waals surface area contributed by atoms with Crippen LogP contribution in [0.4, 0.5) is 5.82 Å². The van der Waals surface area contributed by atoms with Crippen LogP contribution in [0.5, 0.6) is 6.01 Å². The van der Waals surface area contributed by atoms with Gasteiger partial charge in [-0.25, -0.2) is 9.78 Å². The van der Waals surface area contributed by atoms with Gasteiger partial charge in [-0.15, -0.1) is 0 Å². The Bertz CT molecular complexity index is 416. The normalized spacial score (nSPS) is 11.9. The van der Waals surface area contributed by atoms with Crippen molar-refractivity contribution in [2.75, 3.05) is 26.1 Å². The van der Waals surface area contributed by atoms with Crippen LogP contribution in [0.15, 0.2) is 6.20 Å². The quantitative estimate of drug-likeness (QED) is 0.768. The first-order chi connectivity index (χ1) is 8.58. The van der Waals surface area contributed by atoms with Gasteiger partial charge < -0.3 is 19.9 Å². The van der Waals surface area contributed by atoms with E-state index in [4.69, 9.17) is 26.2 Å². The number of rotatable bonds is 7. The van der Waals surface area contributed by atoms with Crippen LogP contribution in [-0.2, 0) is 9.53 Å². The minimum Gasteiger partial charge on any atom is -0.480 e. The average molecular weight is 276 g/mol. The molecule has 0 amide bonds. The molecule has 1 rings (SSSR count). The Morgan fingerprint density at radius 2 is 2.33 bits per heavy atom. The van der Waals surface area contributed by atoms with Crippen molar-refractivity contribution < 1.29 is 19.4 Å². The highest BCUT2D eigenvalue weighted by Crippen LogP contribution is 2.21. The van der Waals surface area contributed by atoms with E-state index < -0.39 is 12.0 Å². The molecule has 0 aliphatic rings. The van der Waals surface area contributed by atoms with Crippen LogP contribution in [0.3, 0.4) is 0 Å². The molecule has 2 N–H and O–H groups in total. The number of nitrogens with one attached hydrogen (secondary N) is 1. The standard InChI is InChI=1S/C10H14ClN3O4/c1-17-4-3-7(9(15)16)13-8-6(11)5-12-10(14-8)18-2/h5,7H,3-4H2,1-2H3,(H,15,16)(H,12,13,14). The van der Waals surface area contributed by atoms with Crippen molar-refractivity contribution in [1.82, 2.24) is 9.97 Å². The summed E-state index contributed by atoms with van der Waals surface area (Å²) in [5.41, 5.74) is 0. The van der Waals surface area contributed by atoms with E-state index in [1.165, 1.54) is 20.4 Å². The van der Waals surface area contributed by atoms with Crippen LogP contribution in [-0.4, -0.2) is 47.9 Å². The molecule has 0 saturated carbocycles. The van der Waals surface area contributed by atoms with Crippen LogP contribution in [0, 0.1) is 0 Å². The Morgan fingerprint density at radius 3 is 2.89 bits per heavy atom. The topological polar surface area (TPSA) is 93.6 Å². The number of ether oxygens (including phenoxy) is 2. The van der Waals surface area contributed by atoms with Gasteiger partial charge in [0.25, 0.3) is 0 Å². The van der Waals surface area contributed by atoms with Gasteiger partial charge in [0.15, 0.2) is 5.82 Å². The maximum Gasteiger partial charge on any atom is 0.326 e. The molecule has 0 aromatic carbocycles. The summed E-state index contributed by atoms with van der Waals surface area (Å²) in [5, 5.41) is 12.0. The first-order valence-electron chi connectivity index (χ1n) is 5.13. The highest BCUT2D eigenvalue weighted by molar-refractivity contribution is 6.32. The highest BCUT2D eigenvalue weighted by Gasteiger charge is 2.19. The molecule has 18 heavy (non-hydrogen) atoms. The van der Waals surface area contributed by atoms with Crippen molar-refractivity contribution >= 4 is 23.4 Å². The first-order valence-corrected chi connectivity index (χ1v) is 5.51. The molecule has 1 heterocycles. The van der Waals surface area contributed by atoms with Crippen molar-refractivity contribution in [3.63, 3.8) is 0 Å². The van der Waals surface area contributed by atoms with E-state index in [1.807, 2.05) is 0 Å². The van der Waals surface area contributed by atoms with E-state index >= 15 is 0 Å². The Balaban J connectivity index is 2.82. The average Bonchev–Trinajstić information content (AvgIpc) is 2.36. The summed E-state index contributed by atoms with van der Waals surface area (Å²) in [6.45, 7) is 0.309. The lowest BCUT2D eigenvalue weighted by atomic mass is 10.2. The minimum absolute atomic E-state index is 0.109. The Morgan fingerprint density at radius 1 is 1.61 bits per heavy atom. The second-order valence-corrected chi connectivity index (χ2v) is 3.78. The number of carboxylic acids is 1. The fourth-order valence-corrected chi connectivity index (χ4v) is 1.35. The van der Waals surface area contributed by atoms with Crippen molar-refractivity contribution in [2.24, 2.45) is 0 Å². The van der Waals surface area contributed by atoms with Crippen molar-refractivity contribution in [3.05, 3.63) is 11.2 Å². The van der Waals surface area contributed by atoms with Crippen LogP contribution < -0.4 is 10.1 Å². The zero-order valence-corrected chi connectivity index (χ0v) is 10.8. The molecule has 0 aliphatic heterocycles. The van der Waals surface area contributed by atoms with Crippen LogP contribution in [0.1, 0.15) is 6.42 Å². The minimum atomic E-state index is -1.01. The van der Waals surface area contributed by atoms with E-state index in [0.29, 0.717) is 6.61 Å². The molecule has 0 spiro atoms. The lowest BCUT2D eigenvalue weighted by molar-refractivity contribution is -0.138. The van der Waals surface area contributed by atoms with Gasteiger partial charge in [-0.3, -0.25) is 0 Å². The summed E-state index contributed by atoms with van der Waals surface area (Å²) in [6.07, 6.45) is 1.62. The van der Waals surface area contributed by atoms with Crippen molar-refractivity contribution in [2.45, 2.75) is 12.5 Å². The Kier molecular flexibility index (Phi) is 5.60. The lowest BCUT2D eigenvalue weighted by Crippen LogP contribution is -2.31. The fraction of sp³-hybridized carbons (Fsp3) is 0.500. The summed E-state index contributed by atoms with van der Waals surface area (Å²) in [7, 11) is 2.91. The molecular formula is C10H14ClN3O4. The van der Waals surface area contributed by atoms with Gasteiger partial charge in [0.1, 0.15) is 11.1 Å². The van der Waals surface area contributed by atoms with E-state index in [-0.39, 0.29) is 23.3 Å². The van der Waals surface area contributed by atoms with Gasteiger partial charge in [-0.05, 0) is 0 Å². The highest BCUT2D eigenvalue weighted by atomic mass is 35.5. The number of aromatic nitrogens is 2. The maximum atomic E-state index is 11.0. The van der Waals surface area contributed by atoms with E-state index in [1.54, 1.807) is 0 Å². The summed E-state index contributed by atoms with van der Waals surface area (Å²) in [4.78, 5) is 18.8. The zero-order valence-electron chi connectivity index (χ0n) is 10.0. The van der Waals surface area contributed by atoms with Crippen molar-refractivity contribution in [1.29, 1.82) is 0 Å². The molecule has 100 valence electrons. The van der Waals surface area contributed by atoms with E-state index in [0.717, 1.165) is 0 Å². The number of aliphatic carboxylic acids is 1. The number of nitrogens with zero attached hydrogens (tertiary/aromatic N) is 2. The number of anilines is 1. The van der Waals surface area contributed by atoms with Gasteiger partial charge in [-0.1, -0.05) is 11.6 Å². The molecule has 0 fully saturated rings. The smallest absolute Gasteiger partial charge is 0.326 e. The fourth-order valence-electron chi connectivity index (χ4n) is 1.21. The third-order valence-corrected chi connectivity index (χ3v) is 2.40. The molecule has 1 unspecified atom stereocenters. The molecular weight excluding hydrogens is 262 g/mol.